The molecule has 1 heterocycles. The molecule has 0 amide bonds. The zero-order chi connectivity index (χ0) is 32.1. The molecule has 226 valence electrons. The van der Waals surface area contributed by atoms with Gasteiger partial charge in [0.05, 0.1) is 0 Å². The first-order chi connectivity index (χ1) is 23.8. The van der Waals surface area contributed by atoms with Gasteiger partial charge in [0, 0.05) is 16.7 Å². The van der Waals surface area contributed by atoms with E-state index >= 15 is 0 Å². The van der Waals surface area contributed by atoms with Gasteiger partial charge in [-0.15, -0.1) is 0 Å². The van der Waals surface area contributed by atoms with Gasteiger partial charge in [0.2, 0.25) is 0 Å². The monoisotopic (exact) mass is 613 g/mol. The second kappa shape index (κ2) is 13.1. The topological polar surface area (TPSA) is 38.7 Å². The van der Waals surface area contributed by atoms with Crippen LogP contribution in [0.3, 0.4) is 0 Å². The molecule has 0 bridgehead atoms. The van der Waals surface area contributed by atoms with E-state index < -0.39 is 0 Å². The molecule has 0 N–H and O–H groups in total. The van der Waals surface area contributed by atoms with Crippen LogP contribution in [0.1, 0.15) is 0 Å². The maximum absolute atomic E-state index is 4.99. The lowest BCUT2D eigenvalue weighted by Gasteiger charge is -2.14. The van der Waals surface area contributed by atoms with Crippen molar-refractivity contribution in [3.8, 4) is 78.7 Å². The molecular weight excluding hydrogens is 583 g/mol. The summed E-state index contributed by atoms with van der Waals surface area (Å²) in [4.78, 5) is 14.9. The SMILES string of the molecule is c1ccc(-c2ccc(-c3nc(-c4ccccc4)nc(-c4ccc(-c5ccc(-c6ccccc6)cc5-c5ccccc5)cc4)n3)cc2)cc1. The van der Waals surface area contributed by atoms with Crippen molar-refractivity contribution in [2.75, 3.05) is 0 Å². The van der Waals surface area contributed by atoms with Gasteiger partial charge in [-0.25, -0.2) is 15.0 Å². The van der Waals surface area contributed by atoms with Crippen molar-refractivity contribution < 1.29 is 0 Å². The third-order valence-electron chi connectivity index (χ3n) is 8.58. The van der Waals surface area contributed by atoms with Gasteiger partial charge in [-0.2, -0.15) is 0 Å². The van der Waals surface area contributed by atoms with Crippen LogP contribution in [0.4, 0.5) is 0 Å². The van der Waals surface area contributed by atoms with E-state index in [0.29, 0.717) is 17.5 Å². The van der Waals surface area contributed by atoms with E-state index in [1.165, 1.54) is 33.4 Å². The van der Waals surface area contributed by atoms with Crippen molar-refractivity contribution in [2.45, 2.75) is 0 Å². The Hall–Kier alpha value is -6.45. The average molecular weight is 614 g/mol. The minimum absolute atomic E-state index is 0.639. The Morgan fingerprint density at radius 2 is 0.500 bits per heavy atom. The molecule has 0 aliphatic carbocycles. The van der Waals surface area contributed by atoms with Crippen LogP contribution in [0.15, 0.2) is 188 Å². The fourth-order valence-electron chi connectivity index (χ4n) is 6.05. The molecule has 1 aromatic heterocycles. The molecule has 8 aromatic rings. The van der Waals surface area contributed by atoms with Crippen LogP contribution in [0.2, 0.25) is 0 Å². The number of hydrogen-bond acceptors (Lipinski definition) is 3. The molecular formula is C45H31N3. The van der Waals surface area contributed by atoms with E-state index in [0.717, 1.165) is 27.8 Å². The molecule has 0 aliphatic heterocycles. The highest BCUT2D eigenvalue weighted by atomic mass is 15.0. The lowest BCUT2D eigenvalue weighted by molar-refractivity contribution is 1.07. The van der Waals surface area contributed by atoms with Crippen molar-refractivity contribution in [1.82, 2.24) is 15.0 Å². The van der Waals surface area contributed by atoms with Crippen molar-refractivity contribution in [3.63, 3.8) is 0 Å². The van der Waals surface area contributed by atoms with E-state index in [9.17, 15) is 0 Å². The summed E-state index contributed by atoms with van der Waals surface area (Å²) in [5, 5.41) is 0. The molecule has 48 heavy (non-hydrogen) atoms. The largest absolute Gasteiger partial charge is 0.208 e. The molecule has 0 atom stereocenters. The van der Waals surface area contributed by atoms with Crippen molar-refractivity contribution in [1.29, 1.82) is 0 Å². The molecule has 0 spiro atoms. The first-order valence-electron chi connectivity index (χ1n) is 16.1. The maximum Gasteiger partial charge on any atom is 0.164 e. The van der Waals surface area contributed by atoms with Crippen LogP contribution >= 0.6 is 0 Å². The van der Waals surface area contributed by atoms with Gasteiger partial charge < -0.3 is 0 Å². The lowest BCUT2D eigenvalue weighted by Crippen LogP contribution is -2.00. The summed E-state index contributed by atoms with van der Waals surface area (Å²) in [6.07, 6.45) is 0. The molecule has 8 rings (SSSR count). The van der Waals surface area contributed by atoms with Crippen LogP contribution < -0.4 is 0 Å². The van der Waals surface area contributed by atoms with Gasteiger partial charge in [-0.1, -0.05) is 182 Å². The predicted molar refractivity (Wildman–Crippen MR) is 198 cm³/mol. The molecule has 0 unspecified atom stereocenters. The van der Waals surface area contributed by atoms with Gasteiger partial charge >= 0.3 is 0 Å². The molecule has 0 aliphatic rings. The molecule has 3 heteroatoms. The normalized spacial score (nSPS) is 10.9. The number of benzene rings is 7. The fourth-order valence-corrected chi connectivity index (χ4v) is 6.05. The third-order valence-corrected chi connectivity index (χ3v) is 8.58. The smallest absolute Gasteiger partial charge is 0.164 e. The van der Waals surface area contributed by atoms with Gasteiger partial charge in [0.1, 0.15) is 0 Å². The Morgan fingerprint density at radius 1 is 0.208 bits per heavy atom. The maximum atomic E-state index is 4.99. The van der Waals surface area contributed by atoms with E-state index in [2.05, 4.69) is 152 Å². The highest BCUT2D eigenvalue weighted by molar-refractivity contribution is 5.87. The molecule has 0 fully saturated rings. The van der Waals surface area contributed by atoms with Crippen molar-refractivity contribution >= 4 is 0 Å². The zero-order valence-electron chi connectivity index (χ0n) is 26.2. The minimum atomic E-state index is 0.639. The Morgan fingerprint density at radius 3 is 0.979 bits per heavy atom. The number of hydrogen-bond donors (Lipinski definition) is 0. The Kier molecular flexibility index (Phi) is 7.92. The zero-order valence-corrected chi connectivity index (χ0v) is 26.2. The van der Waals surface area contributed by atoms with Crippen LogP contribution in [0.25, 0.3) is 78.7 Å². The van der Waals surface area contributed by atoms with Crippen LogP contribution in [0, 0.1) is 0 Å². The third kappa shape index (κ3) is 6.05. The van der Waals surface area contributed by atoms with Gasteiger partial charge in [-0.3, -0.25) is 0 Å². The second-order valence-corrected chi connectivity index (χ2v) is 11.7. The summed E-state index contributed by atoms with van der Waals surface area (Å²) in [5.41, 5.74) is 12.2. The van der Waals surface area contributed by atoms with Crippen molar-refractivity contribution in [3.05, 3.63) is 188 Å². The highest BCUT2D eigenvalue weighted by Crippen LogP contribution is 2.37. The summed E-state index contributed by atoms with van der Waals surface area (Å²) < 4.78 is 0. The fraction of sp³-hybridized carbons (Fsp3) is 0. The predicted octanol–water partition coefficient (Wildman–Crippen LogP) is 11.5. The number of rotatable bonds is 7. The molecule has 3 nitrogen and oxygen atoms in total. The van der Waals surface area contributed by atoms with Gasteiger partial charge in [0.25, 0.3) is 0 Å². The van der Waals surface area contributed by atoms with E-state index in [1.807, 2.05) is 36.4 Å². The van der Waals surface area contributed by atoms with E-state index in [1.54, 1.807) is 0 Å². The number of aromatic nitrogens is 3. The summed E-state index contributed by atoms with van der Waals surface area (Å²) in [6.45, 7) is 0. The number of nitrogens with zero attached hydrogens (tertiary/aromatic N) is 3. The first-order valence-corrected chi connectivity index (χ1v) is 16.1. The summed E-state index contributed by atoms with van der Waals surface area (Å²) in [5.74, 6) is 1.93. The minimum Gasteiger partial charge on any atom is -0.208 e. The summed E-state index contributed by atoms with van der Waals surface area (Å²) >= 11 is 0. The van der Waals surface area contributed by atoms with Gasteiger partial charge in [0.15, 0.2) is 17.5 Å². The van der Waals surface area contributed by atoms with Crippen molar-refractivity contribution in [2.24, 2.45) is 0 Å². The Balaban J connectivity index is 1.18. The van der Waals surface area contributed by atoms with E-state index in [4.69, 9.17) is 15.0 Å². The van der Waals surface area contributed by atoms with Crippen LogP contribution in [0.5, 0.6) is 0 Å². The van der Waals surface area contributed by atoms with Crippen LogP contribution in [-0.2, 0) is 0 Å². The molecule has 0 saturated carbocycles. The molecule has 0 saturated heterocycles. The highest BCUT2D eigenvalue weighted by Gasteiger charge is 2.14. The first kappa shape index (κ1) is 29.0. The van der Waals surface area contributed by atoms with Gasteiger partial charge in [-0.05, 0) is 50.6 Å². The second-order valence-electron chi connectivity index (χ2n) is 11.7. The quantitative estimate of drug-likeness (QED) is 0.179. The Bertz CT molecular complexity index is 2280. The van der Waals surface area contributed by atoms with Crippen LogP contribution in [-0.4, -0.2) is 15.0 Å². The Labute approximate surface area is 280 Å². The molecule has 7 aromatic carbocycles. The summed E-state index contributed by atoms with van der Waals surface area (Å²) in [7, 11) is 0. The lowest BCUT2D eigenvalue weighted by atomic mass is 9.91. The molecule has 0 radical (unpaired) electrons. The van der Waals surface area contributed by atoms with E-state index in [-0.39, 0.29) is 0 Å². The summed E-state index contributed by atoms with van der Waals surface area (Å²) in [6, 6.07) is 65.3. The standard InChI is InChI=1S/C45H31N3/c1-5-13-32(14-6-1)34-21-25-38(26-22-34)44-46-43(37-19-11-4-12-20-37)47-45(48-44)39-27-23-36(24-28-39)41-30-29-40(33-15-7-2-8-16-33)31-42(41)35-17-9-3-10-18-35/h1-31H. The average Bonchev–Trinajstić information content (AvgIpc) is 3.19.